The summed E-state index contributed by atoms with van der Waals surface area (Å²) in [6.45, 7) is 4.72. The van der Waals surface area contributed by atoms with Gasteiger partial charge in [0.2, 0.25) is 0 Å². The van der Waals surface area contributed by atoms with Crippen LogP contribution in [0.4, 0.5) is 28.4 Å². The van der Waals surface area contributed by atoms with Crippen molar-refractivity contribution in [1.29, 1.82) is 0 Å². The number of nitrogens with one attached hydrogen (secondary N) is 1. The van der Waals surface area contributed by atoms with E-state index in [0.29, 0.717) is 0 Å². The van der Waals surface area contributed by atoms with E-state index in [0.717, 1.165) is 16.9 Å². The maximum atomic E-state index is 3.89. The van der Waals surface area contributed by atoms with Crippen molar-refractivity contribution in [3.63, 3.8) is 0 Å². The maximum absolute atomic E-state index is 3.89. The van der Waals surface area contributed by atoms with Gasteiger partial charge < -0.3 is 10.2 Å². The van der Waals surface area contributed by atoms with Crippen LogP contribution < -0.4 is 21.1 Å². The standard InChI is InChI=1S/C51H38BN2/c1-51(2)43-21-12-13-24-47(43)54-48-33-39(36-19-10-5-11-20-36)31-42(49(48)52-45-23-14-22-44(51)50(45)54)41-30-27-38(35-17-8-4-9-18-35)32-46(41)53-40-28-25-37(26-29-40)34-15-6-3-7-16-34/h3-33,53H,1-2H3. The third-order valence-corrected chi connectivity index (χ3v) is 11.3. The molecule has 0 fully saturated rings. The topological polar surface area (TPSA) is 15.3 Å². The predicted octanol–water partition coefficient (Wildman–Crippen LogP) is 12.2. The highest BCUT2D eigenvalue weighted by Crippen LogP contribution is 2.52. The molecule has 1 radical (unpaired) electrons. The first-order chi connectivity index (χ1) is 26.5. The lowest BCUT2D eigenvalue weighted by Crippen LogP contribution is -2.45. The molecule has 3 heteroatoms. The number of rotatable bonds is 6. The Kier molecular flexibility index (Phi) is 7.62. The average Bonchev–Trinajstić information content (AvgIpc) is 3.23. The van der Waals surface area contributed by atoms with Gasteiger partial charge in [-0.3, -0.25) is 0 Å². The molecule has 2 nitrogen and oxygen atoms in total. The normalized spacial score (nSPS) is 13.3. The molecule has 0 atom stereocenters. The van der Waals surface area contributed by atoms with E-state index in [2.05, 4.69) is 219 Å². The largest absolute Gasteiger partial charge is 0.355 e. The van der Waals surface area contributed by atoms with Crippen LogP contribution >= 0.6 is 0 Å². The van der Waals surface area contributed by atoms with Crippen molar-refractivity contribution in [2.24, 2.45) is 0 Å². The second-order valence-corrected chi connectivity index (χ2v) is 14.9. The first-order valence-corrected chi connectivity index (χ1v) is 18.8. The molecule has 8 aromatic carbocycles. The average molecular weight is 690 g/mol. The summed E-state index contributed by atoms with van der Waals surface area (Å²) in [5.74, 6) is 0. The van der Waals surface area contributed by atoms with E-state index in [9.17, 15) is 0 Å². The quantitative estimate of drug-likeness (QED) is 0.175. The van der Waals surface area contributed by atoms with Crippen molar-refractivity contribution in [3.8, 4) is 44.5 Å². The minimum Gasteiger partial charge on any atom is -0.355 e. The fourth-order valence-electron chi connectivity index (χ4n) is 8.52. The number of hydrogen-bond acceptors (Lipinski definition) is 2. The lowest BCUT2D eigenvalue weighted by atomic mass is 9.55. The fraction of sp³-hybridized carbons (Fsp3) is 0.0588. The summed E-state index contributed by atoms with van der Waals surface area (Å²) >= 11 is 0. The van der Waals surface area contributed by atoms with Gasteiger partial charge in [-0.15, -0.1) is 0 Å². The molecule has 0 spiro atoms. The maximum Gasteiger partial charge on any atom is 0.197 e. The van der Waals surface area contributed by atoms with Crippen molar-refractivity contribution in [3.05, 3.63) is 199 Å². The Morgan fingerprint density at radius 2 is 1.02 bits per heavy atom. The van der Waals surface area contributed by atoms with Crippen LogP contribution in [0.3, 0.4) is 0 Å². The van der Waals surface area contributed by atoms with E-state index in [1.54, 1.807) is 0 Å². The minimum atomic E-state index is -0.135. The molecule has 0 unspecified atom stereocenters. The lowest BCUT2D eigenvalue weighted by molar-refractivity contribution is 0.632. The number of fused-ring (bicyclic) bond motifs is 4. The van der Waals surface area contributed by atoms with Gasteiger partial charge in [-0.2, -0.15) is 0 Å². The minimum absolute atomic E-state index is 0.135. The lowest BCUT2D eigenvalue weighted by Gasteiger charge is -2.46. The van der Waals surface area contributed by atoms with Crippen molar-refractivity contribution >= 4 is 46.6 Å². The first-order valence-electron chi connectivity index (χ1n) is 18.8. The molecule has 2 aliphatic rings. The molecule has 1 N–H and O–H groups in total. The zero-order valence-electron chi connectivity index (χ0n) is 30.4. The van der Waals surface area contributed by atoms with Crippen LogP contribution in [0, 0.1) is 0 Å². The molecule has 2 heterocycles. The third-order valence-electron chi connectivity index (χ3n) is 11.3. The summed E-state index contributed by atoms with van der Waals surface area (Å²) in [6.07, 6.45) is 0. The van der Waals surface area contributed by atoms with Gasteiger partial charge in [-0.1, -0.05) is 171 Å². The van der Waals surface area contributed by atoms with Crippen LogP contribution in [0.25, 0.3) is 44.5 Å². The summed E-state index contributed by atoms with van der Waals surface area (Å²) in [6, 6.07) is 68.2. The third kappa shape index (κ3) is 5.35. The molecular formula is C51H38BN2. The van der Waals surface area contributed by atoms with Crippen molar-refractivity contribution in [2.75, 3.05) is 10.2 Å². The molecule has 0 bridgehead atoms. The predicted molar refractivity (Wildman–Crippen MR) is 230 cm³/mol. The van der Waals surface area contributed by atoms with Crippen LogP contribution in [-0.4, -0.2) is 7.28 Å². The van der Waals surface area contributed by atoms with Gasteiger partial charge in [-0.25, -0.2) is 0 Å². The molecule has 0 saturated heterocycles. The summed E-state index contributed by atoms with van der Waals surface area (Å²) in [5, 5.41) is 3.89. The zero-order chi connectivity index (χ0) is 36.2. The number of nitrogens with zero attached hydrogens (tertiary/aromatic N) is 1. The Balaban J connectivity index is 1.20. The number of hydrogen-bond donors (Lipinski definition) is 1. The van der Waals surface area contributed by atoms with Gasteiger partial charge in [0.15, 0.2) is 7.28 Å². The van der Waals surface area contributed by atoms with E-state index in [-0.39, 0.29) is 5.41 Å². The second kappa shape index (κ2) is 12.8. The van der Waals surface area contributed by atoms with Gasteiger partial charge in [-0.05, 0) is 91.9 Å². The van der Waals surface area contributed by atoms with Crippen LogP contribution in [0.1, 0.15) is 25.0 Å². The van der Waals surface area contributed by atoms with E-state index < -0.39 is 0 Å². The molecule has 0 aromatic heterocycles. The number of anilines is 5. The van der Waals surface area contributed by atoms with Crippen LogP contribution in [0.2, 0.25) is 0 Å². The summed E-state index contributed by atoms with van der Waals surface area (Å²) in [5.41, 5.74) is 20.3. The number of para-hydroxylation sites is 2. The summed E-state index contributed by atoms with van der Waals surface area (Å²) in [7, 11) is 2.42. The smallest absolute Gasteiger partial charge is 0.197 e. The molecule has 2 aliphatic heterocycles. The highest BCUT2D eigenvalue weighted by atomic mass is 15.2. The SMILES string of the molecule is CC1(C)c2ccccc2N2c3cc(-c4ccccc4)cc(-c4ccc(-c5ccccc5)cc4Nc4ccc(-c5ccccc5)cc4)c3[B]c3cccc1c32. The Hall–Kier alpha value is -6.58. The van der Waals surface area contributed by atoms with E-state index in [4.69, 9.17) is 0 Å². The summed E-state index contributed by atoms with van der Waals surface area (Å²) in [4.78, 5) is 2.53. The fourth-order valence-corrected chi connectivity index (χ4v) is 8.52. The van der Waals surface area contributed by atoms with E-state index in [1.165, 1.54) is 78.1 Å². The Labute approximate surface area is 318 Å². The Morgan fingerprint density at radius 1 is 0.444 bits per heavy atom. The first kappa shape index (κ1) is 32.1. The van der Waals surface area contributed by atoms with Crippen LogP contribution in [0.15, 0.2) is 188 Å². The highest BCUT2D eigenvalue weighted by molar-refractivity contribution is 6.73. The van der Waals surface area contributed by atoms with Gasteiger partial charge in [0.05, 0.1) is 5.69 Å². The molecule has 10 rings (SSSR count). The van der Waals surface area contributed by atoms with Gasteiger partial charge in [0.25, 0.3) is 0 Å². The van der Waals surface area contributed by atoms with Gasteiger partial charge >= 0.3 is 0 Å². The van der Waals surface area contributed by atoms with Gasteiger partial charge in [0.1, 0.15) is 0 Å². The zero-order valence-corrected chi connectivity index (χ0v) is 30.4. The monoisotopic (exact) mass is 689 g/mol. The molecule has 0 saturated carbocycles. The van der Waals surface area contributed by atoms with Crippen molar-refractivity contribution < 1.29 is 0 Å². The van der Waals surface area contributed by atoms with E-state index >= 15 is 0 Å². The molecule has 54 heavy (non-hydrogen) atoms. The Bertz CT molecular complexity index is 2670. The summed E-state index contributed by atoms with van der Waals surface area (Å²) < 4.78 is 0. The van der Waals surface area contributed by atoms with Crippen molar-refractivity contribution in [2.45, 2.75) is 19.3 Å². The molecular weight excluding hydrogens is 651 g/mol. The molecule has 255 valence electrons. The Morgan fingerprint density at radius 3 is 1.72 bits per heavy atom. The highest BCUT2D eigenvalue weighted by Gasteiger charge is 2.41. The van der Waals surface area contributed by atoms with Gasteiger partial charge in [0, 0.05) is 33.7 Å². The number of benzene rings is 8. The van der Waals surface area contributed by atoms with Crippen molar-refractivity contribution in [1.82, 2.24) is 0 Å². The van der Waals surface area contributed by atoms with Crippen LogP contribution in [0.5, 0.6) is 0 Å². The second-order valence-electron chi connectivity index (χ2n) is 14.9. The van der Waals surface area contributed by atoms with Crippen LogP contribution in [-0.2, 0) is 5.41 Å². The molecule has 0 aliphatic carbocycles. The molecule has 0 amide bonds. The molecule has 8 aromatic rings. The van der Waals surface area contributed by atoms with E-state index in [1.807, 2.05) is 0 Å².